The lowest BCUT2D eigenvalue weighted by atomic mass is 9.85. The molecule has 0 aromatic rings. The minimum atomic E-state index is -1.07. The molecule has 0 bridgehead atoms. The molecule has 2 N–H and O–H groups in total. The first-order valence-electron chi connectivity index (χ1n) is 4.58. The van der Waals surface area contributed by atoms with Crippen molar-refractivity contribution in [1.29, 1.82) is 0 Å². The van der Waals surface area contributed by atoms with Gasteiger partial charge in [-0.05, 0) is 13.3 Å². The standard InChI is InChI=1S/C9H14O5/c1-5-6(2-3-14-5)7(9(12)13)4-8(10)11/h5-7H,2-4H2,1H3,(H,10,11)(H,12,13). The summed E-state index contributed by atoms with van der Waals surface area (Å²) in [5.41, 5.74) is 0. The smallest absolute Gasteiger partial charge is 0.307 e. The van der Waals surface area contributed by atoms with E-state index in [1.807, 2.05) is 0 Å². The quantitative estimate of drug-likeness (QED) is 0.696. The number of carbonyl (C=O) groups is 2. The summed E-state index contributed by atoms with van der Waals surface area (Å²) in [5.74, 6) is -3.13. The molecule has 0 aromatic heterocycles. The Bertz CT molecular complexity index is 237. The van der Waals surface area contributed by atoms with Crippen molar-refractivity contribution in [2.45, 2.75) is 25.9 Å². The highest BCUT2D eigenvalue weighted by Gasteiger charge is 2.37. The van der Waals surface area contributed by atoms with Gasteiger partial charge in [-0.1, -0.05) is 0 Å². The lowest BCUT2D eigenvalue weighted by Crippen LogP contribution is -2.30. The van der Waals surface area contributed by atoms with Gasteiger partial charge in [0.25, 0.3) is 0 Å². The second-order valence-electron chi connectivity index (χ2n) is 3.57. The second-order valence-corrected chi connectivity index (χ2v) is 3.57. The van der Waals surface area contributed by atoms with Crippen LogP contribution in [-0.4, -0.2) is 34.9 Å². The van der Waals surface area contributed by atoms with Gasteiger partial charge < -0.3 is 14.9 Å². The van der Waals surface area contributed by atoms with Crippen molar-refractivity contribution in [2.75, 3.05) is 6.61 Å². The maximum absolute atomic E-state index is 10.8. The third-order valence-corrected chi connectivity index (χ3v) is 2.66. The molecule has 1 rings (SSSR count). The van der Waals surface area contributed by atoms with Crippen molar-refractivity contribution in [3.05, 3.63) is 0 Å². The zero-order chi connectivity index (χ0) is 10.7. The number of carboxylic acid groups (broad SMARTS) is 2. The highest BCUT2D eigenvalue weighted by Crippen LogP contribution is 2.30. The van der Waals surface area contributed by atoms with Gasteiger partial charge >= 0.3 is 11.9 Å². The molecule has 14 heavy (non-hydrogen) atoms. The highest BCUT2D eigenvalue weighted by atomic mass is 16.5. The molecular weight excluding hydrogens is 188 g/mol. The van der Waals surface area contributed by atoms with E-state index >= 15 is 0 Å². The minimum absolute atomic E-state index is 0.157. The number of rotatable bonds is 4. The van der Waals surface area contributed by atoms with Crippen LogP contribution >= 0.6 is 0 Å². The first kappa shape index (κ1) is 11.0. The molecule has 1 aliphatic rings. The van der Waals surface area contributed by atoms with E-state index in [2.05, 4.69) is 0 Å². The predicted octanol–water partition coefficient (Wildman–Crippen LogP) is 0.587. The molecule has 80 valence electrons. The average molecular weight is 202 g/mol. The molecule has 0 amide bonds. The van der Waals surface area contributed by atoms with E-state index < -0.39 is 17.9 Å². The second kappa shape index (κ2) is 4.41. The Hall–Kier alpha value is -1.10. The fourth-order valence-electron chi connectivity index (χ4n) is 1.89. The molecule has 1 saturated heterocycles. The largest absolute Gasteiger partial charge is 0.481 e. The molecular formula is C9H14O5. The van der Waals surface area contributed by atoms with Crippen LogP contribution in [0.25, 0.3) is 0 Å². The summed E-state index contributed by atoms with van der Waals surface area (Å²) in [6.07, 6.45) is 0.148. The predicted molar refractivity (Wildman–Crippen MR) is 46.9 cm³/mol. The molecule has 0 radical (unpaired) electrons. The first-order valence-corrected chi connectivity index (χ1v) is 4.58. The van der Waals surface area contributed by atoms with Crippen LogP contribution < -0.4 is 0 Å². The van der Waals surface area contributed by atoms with Gasteiger partial charge in [-0.3, -0.25) is 9.59 Å². The summed E-state index contributed by atoms with van der Waals surface area (Å²) in [5, 5.41) is 17.5. The van der Waals surface area contributed by atoms with Crippen LogP contribution in [0.5, 0.6) is 0 Å². The Kier molecular flexibility index (Phi) is 3.46. The summed E-state index contributed by atoms with van der Waals surface area (Å²) < 4.78 is 5.22. The molecule has 0 spiro atoms. The van der Waals surface area contributed by atoms with Gasteiger partial charge in [-0.15, -0.1) is 0 Å². The Morgan fingerprint density at radius 3 is 2.50 bits per heavy atom. The van der Waals surface area contributed by atoms with Crippen LogP contribution in [0.4, 0.5) is 0 Å². The monoisotopic (exact) mass is 202 g/mol. The van der Waals surface area contributed by atoms with Crippen molar-refractivity contribution in [3.8, 4) is 0 Å². The normalized spacial score (nSPS) is 28.6. The first-order chi connectivity index (χ1) is 6.52. The van der Waals surface area contributed by atoms with E-state index in [-0.39, 0.29) is 18.4 Å². The Morgan fingerprint density at radius 2 is 2.14 bits per heavy atom. The van der Waals surface area contributed by atoms with Gasteiger partial charge in [0.1, 0.15) is 0 Å². The summed E-state index contributed by atoms with van der Waals surface area (Å²) in [4.78, 5) is 21.3. The Balaban J connectivity index is 2.66. The minimum Gasteiger partial charge on any atom is -0.481 e. The van der Waals surface area contributed by atoms with Gasteiger partial charge in [-0.25, -0.2) is 0 Å². The molecule has 5 heteroatoms. The van der Waals surface area contributed by atoms with Crippen molar-refractivity contribution in [1.82, 2.24) is 0 Å². The summed E-state index contributed by atoms with van der Waals surface area (Å²) in [7, 11) is 0. The summed E-state index contributed by atoms with van der Waals surface area (Å²) in [6, 6.07) is 0. The van der Waals surface area contributed by atoms with Crippen LogP contribution in [0.2, 0.25) is 0 Å². The van der Waals surface area contributed by atoms with Crippen LogP contribution in [0.3, 0.4) is 0 Å². The fourth-order valence-corrected chi connectivity index (χ4v) is 1.89. The number of carboxylic acids is 2. The number of aliphatic carboxylic acids is 2. The molecule has 0 aliphatic carbocycles. The maximum atomic E-state index is 10.8. The molecule has 3 atom stereocenters. The number of hydrogen-bond acceptors (Lipinski definition) is 3. The lowest BCUT2D eigenvalue weighted by molar-refractivity contribution is -0.151. The zero-order valence-electron chi connectivity index (χ0n) is 7.97. The third-order valence-electron chi connectivity index (χ3n) is 2.66. The molecule has 3 unspecified atom stereocenters. The number of hydrogen-bond donors (Lipinski definition) is 2. The van der Waals surface area contributed by atoms with Gasteiger partial charge in [0, 0.05) is 12.5 Å². The molecule has 0 saturated carbocycles. The van der Waals surface area contributed by atoms with E-state index in [1.165, 1.54) is 0 Å². The van der Waals surface area contributed by atoms with Crippen LogP contribution in [0, 0.1) is 11.8 Å². The third kappa shape index (κ3) is 2.45. The van der Waals surface area contributed by atoms with Crippen molar-refractivity contribution in [2.24, 2.45) is 11.8 Å². The average Bonchev–Trinajstić information content (AvgIpc) is 2.46. The van der Waals surface area contributed by atoms with Crippen LogP contribution in [0.15, 0.2) is 0 Å². The van der Waals surface area contributed by atoms with Crippen molar-refractivity contribution in [3.63, 3.8) is 0 Å². The lowest BCUT2D eigenvalue weighted by Gasteiger charge is -2.20. The maximum Gasteiger partial charge on any atom is 0.307 e. The molecule has 0 aromatic carbocycles. The van der Waals surface area contributed by atoms with Gasteiger partial charge in [-0.2, -0.15) is 0 Å². The Labute approximate surface area is 81.7 Å². The zero-order valence-corrected chi connectivity index (χ0v) is 7.97. The molecule has 1 aliphatic heterocycles. The van der Waals surface area contributed by atoms with E-state index in [0.717, 1.165) is 0 Å². The summed E-state index contributed by atoms with van der Waals surface area (Å²) >= 11 is 0. The van der Waals surface area contributed by atoms with Crippen molar-refractivity contribution < 1.29 is 24.5 Å². The fraction of sp³-hybridized carbons (Fsp3) is 0.778. The van der Waals surface area contributed by atoms with Crippen molar-refractivity contribution >= 4 is 11.9 Å². The van der Waals surface area contributed by atoms with E-state index in [1.54, 1.807) is 6.92 Å². The van der Waals surface area contributed by atoms with Crippen LogP contribution in [-0.2, 0) is 14.3 Å². The van der Waals surface area contributed by atoms with Crippen LogP contribution in [0.1, 0.15) is 19.8 Å². The van der Waals surface area contributed by atoms with E-state index in [4.69, 9.17) is 14.9 Å². The van der Waals surface area contributed by atoms with E-state index in [0.29, 0.717) is 13.0 Å². The SMILES string of the molecule is CC1OCCC1C(CC(=O)O)C(=O)O. The summed E-state index contributed by atoms with van der Waals surface area (Å²) in [6.45, 7) is 2.31. The Morgan fingerprint density at radius 1 is 1.50 bits per heavy atom. The molecule has 1 fully saturated rings. The number of ether oxygens (including phenoxy) is 1. The highest BCUT2D eigenvalue weighted by molar-refractivity contribution is 5.78. The van der Waals surface area contributed by atoms with Gasteiger partial charge in [0.15, 0.2) is 0 Å². The molecule has 5 nitrogen and oxygen atoms in total. The van der Waals surface area contributed by atoms with E-state index in [9.17, 15) is 9.59 Å². The van der Waals surface area contributed by atoms with Gasteiger partial charge in [0.05, 0.1) is 18.4 Å². The topological polar surface area (TPSA) is 83.8 Å². The van der Waals surface area contributed by atoms with Gasteiger partial charge in [0.2, 0.25) is 0 Å². The molecule has 1 heterocycles.